The van der Waals surface area contributed by atoms with E-state index in [2.05, 4.69) is 0 Å². The maximum Gasteiger partial charge on any atom is 0.419 e. The number of aromatic nitrogens is 1. The number of benzene rings is 1. The van der Waals surface area contributed by atoms with E-state index in [0.717, 1.165) is 3.57 Å². The van der Waals surface area contributed by atoms with Gasteiger partial charge in [-0.2, -0.15) is 0 Å². The second kappa shape index (κ2) is 4.94. The Morgan fingerprint density at radius 3 is 2.63 bits per heavy atom. The monoisotopic (exact) mass is 395 g/mol. The van der Waals surface area contributed by atoms with E-state index in [0.29, 0.717) is 10.4 Å². The van der Waals surface area contributed by atoms with Crippen molar-refractivity contribution < 1.29 is 13.9 Å². The van der Waals surface area contributed by atoms with Crippen LogP contribution in [0.2, 0.25) is 5.02 Å². The Hall–Kier alpha value is -0.820. The Morgan fingerprint density at radius 2 is 2.05 bits per heavy atom. The van der Waals surface area contributed by atoms with Gasteiger partial charge in [-0.3, -0.25) is 0 Å². The molecule has 1 aromatic carbocycles. The summed E-state index contributed by atoms with van der Waals surface area (Å²) < 4.78 is 21.2. The van der Waals surface area contributed by atoms with Gasteiger partial charge in [0.25, 0.3) is 0 Å². The molecule has 0 atom stereocenters. The zero-order chi connectivity index (χ0) is 14.4. The van der Waals surface area contributed by atoms with Gasteiger partial charge < -0.3 is 4.74 Å². The van der Waals surface area contributed by atoms with Gasteiger partial charge in [0.05, 0.1) is 5.52 Å². The summed E-state index contributed by atoms with van der Waals surface area (Å²) in [6, 6.07) is 2.81. The van der Waals surface area contributed by atoms with Crippen LogP contribution in [0.4, 0.5) is 9.18 Å². The molecule has 0 amide bonds. The lowest BCUT2D eigenvalue weighted by Crippen LogP contribution is -2.26. The molecule has 0 spiro atoms. The molecule has 2 rings (SSSR count). The van der Waals surface area contributed by atoms with E-state index in [9.17, 15) is 9.18 Å². The number of nitrogens with zero attached hydrogens (tertiary/aromatic N) is 1. The fourth-order valence-corrected chi connectivity index (χ4v) is 2.59. The third-order valence-corrected chi connectivity index (χ3v) is 3.44. The van der Waals surface area contributed by atoms with Crippen molar-refractivity contribution in [1.82, 2.24) is 4.57 Å². The summed E-state index contributed by atoms with van der Waals surface area (Å²) >= 11 is 7.85. The van der Waals surface area contributed by atoms with Crippen molar-refractivity contribution in [3.63, 3.8) is 0 Å². The first-order valence-corrected chi connectivity index (χ1v) is 7.03. The molecular weight excluding hydrogens is 384 g/mol. The van der Waals surface area contributed by atoms with Crippen LogP contribution in [-0.2, 0) is 4.74 Å². The van der Waals surface area contributed by atoms with Crippen LogP contribution in [0.15, 0.2) is 18.3 Å². The molecule has 0 aliphatic carbocycles. The zero-order valence-electron chi connectivity index (χ0n) is 10.6. The molecule has 6 heteroatoms. The molecule has 3 nitrogen and oxygen atoms in total. The number of halogens is 3. The number of fused-ring (bicyclic) bond motifs is 1. The third kappa shape index (κ3) is 3.02. The summed E-state index contributed by atoms with van der Waals surface area (Å²) in [5.41, 5.74) is -0.454. The number of hydrogen-bond donors (Lipinski definition) is 0. The van der Waals surface area contributed by atoms with Gasteiger partial charge in [0.1, 0.15) is 11.4 Å². The Kier molecular flexibility index (Phi) is 3.79. The van der Waals surface area contributed by atoms with Crippen molar-refractivity contribution in [2.45, 2.75) is 26.4 Å². The summed E-state index contributed by atoms with van der Waals surface area (Å²) in [7, 11) is 0. The molecule has 1 aromatic heterocycles. The van der Waals surface area contributed by atoms with Crippen LogP contribution in [0.3, 0.4) is 0 Å². The fourth-order valence-electron chi connectivity index (χ4n) is 1.70. The van der Waals surface area contributed by atoms with Gasteiger partial charge in [-0.05, 0) is 55.5 Å². The molecule has 102 valence electrons. The summed E-state index contributed by atoms with van der Waals surface area (Å²) in [4.78, 5) is 12.1. The molecule has 0 N–H and O–H groups in total. The molecule has 0 fully saturated rings. The predicted molar refractivity (Wildman–Crippen MR) is 81.3 cm³/mol. The van der Waals surface area contributed by atoms with Gasteiger partial charge in [0.15, 0.2) is 0 Å². The van der Waals surface area contributed by atoms with Gasteiger partial charge in [0.2, 0.25) is 0 Å². The van der Waals surface area contributed by atoms with Gasteiger partial charge in [-0.1, -0.05) is 11.6 Å². The van der Waals surface area contributed by atoms with E-state index in [-0.39, 0.29) is 5.52 Å². The van der Waals surface area contributed by atoms with Crippen LogP contribution in [0, 0.1) is 9.39 Å². The van der Waals surface area contributed by atoms with Gasteiger partial charge in [-0.25, -0.2) is 13.8 Å². The molecule has 0 saturated heterocycles. The Balaban J connectivity index is 2.59. The number of hydrogen-bond acceptors (Lipinski definition) is 2. The van der Waals surface area contributed by atoms with E-state index < -0.39 is 17.5 Å². The highest BCUT2D eigenvalue weighted by molar-refractivity contribution is 14.1. The number of carbonyl (C=O) groups is 1. The third-order valence-electron chi connectivity index (χ3n) is 2.36. The summed E-state index contributed by atoms with van der Waals surface area (Å²) in [5.74, 6) is -0.545. The van der Waals surface area contributed by atoms with Gasteiger partial charge >= 0.3 is 6.09 Å². The first kappa shape index (κ1) is 14.6. The van der Waals surface area contributed by atoms with Crippen LogP contribution in [0.1, 0.15) is 20.8 Å². The normalized spacial score (nSPS) is 11.9. The first-order chi connectivity index (χ1) is 8.69. The topological polar surface area (TPSA) is 31.2 Å². The smallest absolute Gasteiger partial charge is 0.419 e. The number of rotatable bonds is 0. The van der Waals surface area contributed by atoms with Crippen molar-refractivity contribution in [3.05, 3.63) is 32.7 Å². The van der Waals surface area contributed by atoms with Crippen molar-refractivity contribution in [2.24, 2.45) is 0 Å². The first-order valence-electron chi connectivity index (χ1n) is 5.58. The van der Waals surface area contributed by atoms with Crippen LogP contribution >= 0.6 is 34.2 Å². The molecule has 0 aliphatic rings. The van der Waals surface area contributed by atoms with E-state index in [1.807, 2.05) is 22.6 Å². The zero-order valence-corrected chi connectivity index (χ0v) is 13.5. The molecule has 0 saturated carbocycles. The van der Waals surface area contributed by atoms with Crippen LogP contribution in [0.25, 0.3) is 10.9 Å². The molecule has 1 heterocycles. The lowest BCUT2D eigenvalue weighted by atomic mass is 10.2. The maximum atomic E-state index is 14.0. The largest absolute Gasteiger partial charge is 0.443 e. The Bertz CT molecular complexity index is 661. The second-order valence-electron chi connectivity index (χ2n) is 5.11. The average Bonchev–Trinajstić information content (AvgIpc) is 2.54. The standard InChI is InChI=1S/C13H12ClFINO2/c1-13(2,3)19-12(18)17-6-10(16)8-4-7(14)5-9(15)11(8)17/h4-6H,1-3H3. The SMILES string of the molecule is CC(C)(C)OC(=O)n1cc(I)c2cc(Cl)cc(F)c21. The molecule has 19 heavy (non-hydrogen) atoms. The van der Waals surface area contributed by atoms with Crippen LogP contribution in [0.5, 0.6) is 0 Å². The predicted octanol–water partition coefficient (Wildman–Crippen LogP) is 4.82. The number of carbonyl (C=O) groups excluding carboxylic acids is 1. The summed E-state index contributed by atoms with van der Waals surface area (Å²) in [5, 5.41) is 0.890. The minimum Gasteiger partial charge on any atom is -0.443 e. The van der Waals surface area contributed by atoms with E-state index in [4.69, 9.17) is 16.3 Å². The summed E-state index contributed by atoms with van der Waals surface area (Å²) in [6.45, 7) is 5.28. The molecule has 0 radical (unpaired) electrons. The average molecular weight is 396 g/mol. The van der Waals surface area contributed by atoms with Gasteiger partial charge in [0, 0.05) is 20.2 Å². The minimum atomic E-state index is -0.637. The second-order valence-corrected chi connectivity index (χ2v) is 6.71. The van der Waals surface area contributed by atoms with Crippen molar-refractivity contribution in [2.75, 3.05) is 0 Å². The molecule has 0 aliphatic heterocycles. The van der Waals surface area contributed by atoms with Crippen molar-refractivity contribution in [3.8, 4) is 0 Å². The lowest BCUT2D eigenvalue weighted by molar-refractivity contribution is 0.0543. The van der Waals surface area contributed by atoms with Crippen LogP contribution < -0.4 is 0 Å². The highest BCUT2D eigenvalue weighted by atomic mass is 127. The fraction of sp³-hybridized carbons (Fsp3) is 0.308. The van der Waals surface area contributed by atoms with Crippen LogP contribution in [-0.4, -0.2) is 16.3 Å². The molecule has 0 unspecified atom stereocenters. The van der Waals surface area contributed by atoms with E-state index >= 15 is 0 Å². The van der Waals surface area contributed by atoms with E-state index in [1.165, 1.54) is 10.6 Å². The maximum absolute atomic E-state index is 14.0. The highest BCUT2D eigenvalue weighted by Gasteiger charge is 2.22. The van der Waals surface area contributed by atoms with Crippen molar-refractivity contribution >= 4 is 51.2 Å². The number of ether oxygens (including phenoxy) is 1. The Labute approximate surface area is 128 Å². The van der Waals surface area contributed by atoms with Gasteiger partial charge in [-0.15, -0.1) is 0 Å². The molecule has 2 aromatic rings. The lowest BCUT2D eigenvalue weighted by Gasteiger charge is -2.19. The Morgan fingerprint density at radius 1 is 1.42 bits per heavy atom. The van der Waals surface area contributed by atoms with E-state index in [1.54, 1.807) is 33.0 Å². The van der Waals surface area contributed by atoms with Crippen molar-refractivity contribution in [1.29, 1.82) is 0 Å². The highest BCUT2D eigenvalue weighted by Crippen LogP contribution is 2.29. The molecule has 0 bridgehead atoms. The molecular formula is C13H12ClFINO2. The quantitative estimate of drug-likeness (QED) is 0.599. The summed E-state index contributed by atoms with van der Waals surface area (Å²) in [6.07, 6.45) is 0.931. The minimum absolute atomic E-state index is 0.183.